The molecule has 114 valence electrons. The van der Waals surface area contributed by atoms with Crippen molar-refractivity contribution in [2.75, 3.05) is 20.3 Å². The van der Waals surface area contributed by atoms with Crippen LogP contribution >= 0.6 is 0 Å². The standard InChI is InChI=1S/C15H20N2O4/c1-20-10-12(18)7-8-16-15(19)14-9-13(17-21-14)11-5-3-2-4-6-11/h2-6,12,14,18H,7-10H2,1H3,(H,16,19). The second kappa shape index (κ2) is 7.75. The van der Waals surface area contributed by atoms with E-state index in [0.717, 1.165) is 11.3 Å². The van der Waals surface area contributed by atoms with Crippen molar-refractivity contribution in [2.45, 2.75) is 25.0 Å². The van der Waals surface area contributed by atoms with Gasteiger partial charge in [0.25, 0.3) is 5.91 Å². The molecule has 2 N–H and O–H groups in total. The van der Waals surface area contributed by atoms with E-state index in [1.807, 2.05) is 30.3 Å². The van der Waals surface area contributed by atoms with Crippen LogP contribution in [0.3, 0.4) is 0 Å². The number of oxime groups is 1. The summed E-state index contributed by atoms with van der Waals surface area (Å²) in [5, 5.41) is 16.2. The van der Waals surface area contributed by atoms with Crippen LogP contribution in [-0.2, 0) is 14.4 Å². The van der Waals surface area contributed by atoms with Crippen LogP contribution in [0.2, 0.25) is 0 Å². The van der Waals surface area contributed by atoms with Crippen LogP contribution in [0.25, 0.3) is 0 Å². The summed E-state index contributed by atoms with van der Waals surface area (Å²) in [5.74, 6) is -0.214. The summed E-state index contributed by atoms with van der Waals surface area (Å²) in [6.45, 7) is 0.640. The van der Waals surface area contributed by atoms with E-state index >= 15 is 0 Å². The molecule has 1 aliphatic heterocycles. The van der Waals surface area contributed by atoms with Crippen LogP contribution in [0, 0.1) is 0 Å². The highest BCUT2D eigenvalue weighted by molar-refractivity contribution is 6.04. The van der Waals surface area contributed by atoms with E-state index in [1.165, 1.54) is 7.11 Å². The maximum Gasteiger partial charge on any atom is 0.264 e. The number of amides is 1. The van der Waals surface area contributed by atoms with Crippen molar-refractivity contribution in [2.24, 2.45) is 5.16 Å². The van der Waals surface area contributed by atoms with Crippen molar-refractivity contribution in [3.05, 3.63) is 35.9 Å². The fraction of sp³-hybridized carbons (Fsp3) is 0.467. The number of nitrogens with zero attached hydrogens (tertiary/aromatic N) is 1. The Morgan fingerprint density at radius 2 is 2.29 bits per heavy atom. The molecule has 1 aliphatic rings. The molecular weight excluding hydrogens is 272 g/mol. The minimum absolute atomic E-state index is 0.214. The smallest absolute Gasteiger partial charge is 0.264 e. The molecule has 0 bridgehead atoms. The van der Waals surface area contributed by atoms with Gasteiger partial charge in [0.05, 0.1) is 18.4 Å². The lowest BCUT2D eigenvalue weighted by Crippen LogP contribution is -2.36. The van der Waals surface area contributed by atoms with E-state index < -0.39 is 12.2 Å². The zero-order valence-electron chi connectivity index (χ0n) is 12.0. The van der Waals surface area contributed by atoms with Crippen LogP contribution in [0.5, 0.6) is 0 Å². The first-order valence-corrected chi connectivity index (χ1v) is 6.93. The number of methoxy groups -OCH3 is 1. The maximum atomic E-state index is 11.9. The molecule has 6 nitrogen and oxygen atoms in total. The van der Waals surface area contributed by atoms with Gasteiger partial charge in [-0.25, -0.2) is 0 Å². The average Bonchev–Trinajstić information content (AvgIpc) is 2.98. The number of aliphatic hydroxyl groups excluding tert-OH is 1. The molecule has 0 aromatic heterocycles. The first kappa shape index (κ1) is 15.5. The van der Waals surface area contributed by atoms with Gasteiger partial charge in [-0.15, -0.1) is 0 Å². The number of aliphatic hydroxyl groups is 1. The number of nitrogens with one attached hydrogen (secondary N) is 1. The largest absolute Gasteiger partial charge is 0.391 e. The molecule has 6 heteroatoms. The Labute approximate surface area is 123 Å². The fourth-order valence-corrected chi connectivity index (χ4v) is 2.07. The molecule has 2 unspecified atom stereocenters. The summed E-state index contributed by atoms with van der Waals surface area (Å²) < 4.78 is 4.82. The maximum absolute atomic E-state index is 11.9. The van der Waals surface area contributed by atoms with Gasteiger partial charge < -0.3 is 20.0 Å². The number of ether oxygens (including phenoxy) is 1. The van der Waals surface area contributed by atoms with Crippen molar-refractivity contribution in [3.8, 4) is 0 Å². The van der Waals surface area contributed by atoms with E-state index in [4.69, 9.17) is 9.57 Å². The summed E-state index contributed by atoms with van der Waals surface area (Å²) in [6.07, 6.45) is -0.273. The molecule has 0 aliphatic carbocycles. The van der Waals surface area contributed by atoms with Crippen LogP contribution in [0.15, 0.2) is 35.5 Å². The number of carbonyl (C=O) groups excluding carboxylic acids is 1. The van der Waals surface area contributed by atoms with Crippen LogP contribution in [0.4, 0.5) is 0 Å². The topological polar surface area (TPSA) is 80.2 Å². The molecular formula is C15H20N2O4. The third kappa shape index (κ3) is 4.54. The first-order valence-electron chi connectivity index (χ1n) is 6.93. The van der Waals surface area contributed by atoms with E-state index in [2.05, 4.69) is 10.5 Å². The highest BCUT2D eigenvalue weighted by atomic mass is 16.6. The Bertz CT molecular complexity index is 490. The number of benzene rings is 1. The minimum atomic E-state index is -0.597. The molecule has 0 saturated heterocycles. The zero-order valence-corrected chi connectivity index (χ0v) is 12.0. The lowest BCUT2D eigenvalue weighted by Gasteiger charge is -2.12. The van der Waals surface area contributed by atoms with Gasteiger partial charge >= 0.3 is 0 Å². The Balaban J connectivity index is 1.74. The molecule has 21 heavy (non-hydrogen) atoms. The molecule has 0 saturated carbocycles. The summed E-state index contributed by atoms with van der Waals surface area (Å²) >= 11 is 0. The van der Waals surface area contributed by atoms with Crippen molar-refractivity contribution in [3.63, 3.8) is 0 Å². The lowest BCUT2D eigenvalue weighted by atomic mass is 10.0. The fourth-order valence-electron chi connectivity index (χ4n) is 2.07. The predicted octanol–water partition coefficient (Wildman–Crippen LogP) is 0.693. The summed E-state index contributed by atoms with van der Waals surface area (Å²) in [5.41, 5.74) is 1.73. The van der Waals surface area contributed by atoms with Gasteiger partial charge in [-0.2, -0.15) is 0 Å². The summed E-state index contributed by atoms with van der Waals surface area (Å²) in [4.78, 5) is 17.1. The quantitative estimate of drug-likeness (QED) is 0.775. The molecule has 1 aromatic carbocycles. The third-order valence-electron chi connectivity index (χ3n) is 3.20. The van der Waals surface area contributed by atoms with Crippen molar-refractivity contribution in [1.82, 2.24) is 5.32 Å². The van der Waals surface area contributed by atoms with Crippen LogP contribution in [-0.4, -0.2) is 49.2 Å². The first-order chi connectivity index (χ1) is 10.2. The van der Waals surface area contributed by atoms with E-state index in [-0.39, 0.29) is 12.5 Å². The Morgan fingerprint density at radius 3 is 3.00 bits per heavy atom. The highest BCUT2D eigenvalue weighted by Crippen LogP contribution is 2.16. The van der Waals surface area contributed by atoms with Crippen molar-refractivity contribution >= 4 is 11.6 Å². The van der Waals surface area contributed by atoms with Crippen molar-refractivity contribution in [1.29, 1.82) is 0 Å². The molecule has 1 heterocycles. The molecule has 1 aromatic rings. The molecule has 1 amide bonds. The Hall–Kier alpha value is -1.92. The van der Waals surface area contributed by atoms with Crippen LogP contribution < -0.4 is 5.32 Å². The Kier molecular flexibility index (Phi) is 5.71. The van der Waals surface area contributed by atoms with E-state index in [1.54, 1.807) is 0 Å². The molecule has 0 radical (unpaired) electrons. The van der Waals surface area contributed by atoms with Gasteiger partial charge in [-0.1, -0.05) is 35.5 Å². The second-order valence-corrected chi connectivity index (χ2v) is 4.89. The average molecular weight is 292 g/mol. The van der Waals surface area contributed by atoms with Gasteiger partial charge in [-0.05, 0) is 12.0 Å². The number of rotatable bonds is 7. The zero-order chi connectivity index (χ0) is 15.1. The molecule has 2 rings (SSSR count). The molecule has 0 fully saturated rings. The van der Waals surface area contributed by atoms with Gasteiger partial charge in [0.15, 0.2) is 0 Å². The van der Waals surface area contributed by atoms with Crippen LogP contribution in [0.1, 0.15) is 18.4 Å². The van der Waals surface area contributed by atoms with Gasteiger partial charge in [0.1, 0.15) is 0 Å². The Morgan fingerprint density at radius 1 is 1.52 bits per heavy atom. The number of carbonyl (C=O) groups is 1. The lowest BCUT2D eigenvalue weighted by molar-refractivity contribution is -0.131. The van der Waals surface area contributed by atoms with E-state index in [9.17, 15) is 9.90 Å². The van der Waals surface area contributed by atoms with Gasteiger partial charge in [0, 0.05) is 20.1 Å². The number of hydrogen-bond acceptors (Lipinski definition) is 5. The summed E-state index contributed by atoms with van der Waals surface area (Å²) in [7, 11) is 1.52. The second-order valence-electron chi connectivity index (χ2n) is 4.89. The third-order valence-corrected chi connectivity index (χ3v) is 3.20. The monoisotopic (exact) mass is 292 g/mol. The van der Waals surface area contributed by atoms with Gasteiger partial charge in [-0.3, -0.25) is 4.79 Å². The van der Waals surface area contributed by atoms with Crippen molar-refractivity contribution < 1.29 is 19.5 Å². The van der Waals surface area contributed by atoms with Gasteiger partial charge in [0.2, 0.25) is 6.10 Å². The molecule has 0 spiro atoms. The molecule has 2 atom stereocenters. The summed E-state index contributed by atoms with van der Waals surface area (Å²) in [6, 6.07) is 9.63. The predicted molar refractivity (Wildman–Crippen MR) is 78.0 cm³/mol. The highest BCUT2D eigenvalue weighted by Gasteiger charge is 2.28. The minimum Gasteiger partial charge on any atom is -0.391 e. The normalized spacial score (nSPS) is 18.8. The van der Waals surface area contributed by atoms with E-state index in [0.29, 0.717) is 19.4 Å². The number of hydrogen-bond donors (Lipinski definition) is 2. The SMILES string of the molecule is COCC(O)CCNC(=O)C1CC(c2ccccc2)=NO1.